The van der Waals surface area contributed by atoms with Gasteiger partial charge in [0.1, 0.15) is 23.7 Å². The normalized spacial score (nSPS) is 31.3. The lowest BCUT2D eigenvalue weighted by Crippen LogP contribution is -2.56. The van der Waals surface area contributed by atoms with Gasteiger partial charge in [0.25, 0.3) is 0 Å². The van der Waals surface area contributed by atoms with Crippen LogP contribution in [0.1, 0.15) is 70.0 Å². The van der Waals surface area contributed by atoms with E-state index in [-0.39, 0.29) is 37.3 Å². The molecule has 0 unspecified atom stereocenters. The summed E-state index contributed by atoms with van der Waals surface area (Å²) >= 11 is 0. The average Bonchev–Trinajstić information content (AvgIpc) is 3.67. The molecule has 0 aliphatic carbocycles. The summed E-state index contributed by atoms with van der Waals surface area (Å²) in [5, 5.41) is 12.2. The van der Waals surface area contributed by atoms with E-state index in [1.807, 2.05) is 48.6 Å². The number of benzene rings is 1. The second-order valence-corrected chi connectivity index (χ2v) is 12.2. The molecule has 2 saturated heterocycles. The van der Waals surface area contributed by atoms with Crippen LogP contribution < -0.4 is 5.32 Å². The average molecular weight is 608 g/mol. The monoisotopic (exact) mass is 607 g/mol. The third-order valence-corrected chi connectivity index (χ3v) is 9.23. The first-order chi connectivity index (χ1) is 21.4. The van der Waals surface area contributed by atoms with E-state index in [1.165, 1.54) is 0 Å². The van der Waals surface area contributed by atoms with Gasteiger partial charge in [0.2, 0.25) is 17.7 Å². The first-order valence-electron chi connectivity index (χ1n) is 16.2. The number of hydrogen-bond donors (Lipinski definition) is 2. The number of ether oxygens (including phenoxy) is 2. The van der Waals surface area contributed by atoms with E-state index in [0.717, 1.165) is 24.8 Å². The number of allylic oxidation sites excluding steroid dienone is 1. The molecule has 10 nitrogen and oxygen atoms in total. The minimum absolute atomic E-state index is 0.0604. The van der Waals surface area contributed by atoms with Crippen LogP contribution in [0.3, 0.4) is 0 Å². The molecule has 0 saturated carbocycles. The molecular weight excluding hydrogens is 562 g/mol. The van der Waals surface area contributed by atoms with Gasteiger partial charge in [-0.3, -0.25) is 19.2 Å². The quantitative estimate of drug-likeness (QED) is 0.238. The van der Waals surface area contributed by atoms with Crippen molar-refractivity contribution < 1.29 is 33.8 Å². The molecule has 2 N–H and O–H groups in total. The maximum atomic E-state index is 14.5. The molecule has 4 aliphatic heterocycles. The van der Waals surface area contributed by atoms with Crippen LogP contribution >= 0.6 is 0 Å². The number of cyclic esters (lactones) is 1. The molecule has 0 radical (unpaired) electrons. The molecule has 238 valence electrons. The predicted molar refractivity (Wildman–Crippen MR) is 163 cm³/mol. The first-order valence-corrected chi connectivity index (χ1v) is 16.2. The van der Waals surface area contributed by atoms with Gasteiger partial charge in [-0.1, -0.05) is 74.4 Å². The Balaban J connectivity index is 1.51. The molecule has 6 atom stereocenters. The van der Waals surface area contributed by atoms with Crippen LogP contribution in [-0.4, -0.2) is 89.1 Å². The highest BCUT2D eigenvalue weighted by molar-refractivity contribution is 5.99. The molecule has 2 fully saturated rings. The molecule has 5 bridgehead atoms. The Morgan fingerprint density at radius 3 is 2.55 bits per heavy atom. The minimum Gasteiger partial charge on any atom is -0.455 e. The molecular formula is C34H45N3O7. The number of carbonyl (C=O) groups excluding carboxylic acids is 4. The number of aliphatic hydroxyl groups is 1. The van der Waals surface area contributed by atoms with E-state index < -0.39 is 41.7 Å². The number of fused-ring (bicyclic) bond motifs is 2. The van der Waals surface area contributed by atoms with E-state index in [9.17, 15) is 24.3 Å². The highest BCUT2D eigenvalue weighted by Gasteiger charge is 2.73. The van der Waals surface area contributed by atoms with Crippen molar-refractivity contribution in [3.8, 4) is 0 Å². The SMILES string of the molecule is CCCCCN1C/C=C\CCC(=O)NC[C@@H](c2ccccc2)OC(=O)[C@@H]2[C@@H]3C=C[C@]4(O3)[C@H](C1=O)N(CCCCCO)C(=O)[C@@H]24. The zero-order valence-corrected chi connectivity index (χ0v) is 25.6. The number of rotatable bonds is 10. The second kappa shape index (κ2) is 14.5. The fraction of sp³-hybridized carbons (Fsp3) is 0.588. The lowest BCUT2D eigenvalue weighted by Gasteiger charge is -2.36. The number of carbonyl (C=O) groups is 4. The molecule has 3 amide bonds. The summed E-state index contributed by atoms with van der Waals surface area (Å²) in [5.41, 5.74) is -0.538. The number of nitrogens with zero attached hydrogens (tertiary/aromatic N) is 2. The summed E-state index contributed by atoms with van der Waals surface area (Å²) < 4.78 is 12.6. The highest BCUT2D eigenvalue weighted by Crippen LogP contribution is 2.55. The Morgan fingerprint density at radius 1 is 0.977 bits per heavy atom. The van der Waals surface area contributed by atoms with Crippen molar-refractivity contribution in [1.29, 1.82) is 0 Å². The second-order valence-electron chi connectivity index (χ2n) is 12.2. The van der Waals surface area contributed by atoms with Crippen LogP contribution in [0.2, 0.25) is 0 Å². The number of aliphatic hydroxyl groups excluding tert-OH is 1. The van der Waals surface area contributed by atoms with E-state index in [0.29, 0.717) is 45.3 Å². The third-order valence-electron chi connectivity index (χ3n) is 9.23. The van der Waals surface area contributed by atoms with Crippen molar-refractivity contribution in [2.75, 3.05) is 32.8 Å². The Morgan fingerprint density at radius 2 is 1.77 bits per heavy atom. The van der Waals surface area contributed by atoms with Crippen molar-refractivity contribution in [1.82, 2.24) is 15.1 Å². The maximum absolute atomic E-state index is 14.5. The van der Waals surface area contributed by atoms with E-state index in [4.69, 9.17) is 9.47 Å². The van der Waals surface area contributed by atoms with Crippen LogP contribution in [0.15, 0.2) is 54.6 Å². The summed E-state index contributed by atoms with van der Waals surface area (Å²) in [6, 6.07) is 8.31. The van der Waals surface area contributed by atoms with E-state index in [1.54, 1.807) is 15.9 Å². The summed E-state index contributed by atoms with van der Waals surface area (Å²) in [7, 11) is 0. The van der Waals surface area contributed by atoms with Gasteiger partial charge in [-0.2, -0.15) is 0 Å². The third kappa shape index (κ3) is 6.47. The Kier molecular flexibility index (Phi) is 10.5. The van der Waals surface area contributed by atoms with Crippen molar-refractivity contribution in [2.45, 2.75) is 82.1 Å². The van der Waals surface area contributed by atoms with Crippen molar-refractivity contribution in [2.24, 2.45) is 11.8 Å². The van der Waals surface area contributed by atoms with Gasteiger partial charge >= 0.3 is 5.97 Å². The fourth-order valence-corrected chi connectivity index (χ4v) is 6.99. The number of amides is 3. The molecule has 1 aromatic rings. The van der Waals surface area contributed by atoms with Crippen LogP contribution in [0, 0.1) is 11.8 Å². The van der Waals surface area contributed by atoms with Crippen molar-refractivity contribution in [3.05, 3.63) is 60.2 Å². The molecule has 10 heteroatoms. The number of hydrogen-bond acceptors (Lipinski definition) is 7. The molecule has 4 heterocycles. The van der Waals surface area contributed by atoms with Crippen LogP contribution in [0.25, 0.3) is 0 Å². The number of unbranched alkanes of at least 4 members (excludes halogenated alkanes) is 4. The summed E-state index contributed by atoms with van der Waals surface area (Å²) in [4.78, 5) is 58.8. The standard InChI is InChI=1S/C34H45N3O7/c1-2-3-10-19-36-20-11-5-9-16-27(39)35-23-26(24-14-7-4-8-15-24)43-33(42)28-25-17-18-34(44-25)29(28)31(40)37(30(34)32(36)41)21-12-6-13-22-38/h4-5,7-8,11,14-15,17-18,25-26,28-30,38H,2-3,6,9-10,12-13,16,19-23H2,1H3,(H,35,39)/b11-5-/t25-,26-,28+,29+,30-,34+/m0/s1. The van der Waals surface area contributed by atoms with Crippen LogP contribution in [0.4, 0.5) is 0 Å². The Bertz CT molecular complexity index is 1250. The summed E-state index contributed by atoms with van der Waals surface area (Å²) in [6.07, 6.45) is 11.5. The molecule has 1 spiro atoms. The molecule has 44 heavy (non-hydrogen) atoms. The van der Waals surface area contributed by atoms with E-state index in [2.05, 4.69) is 12.2 Å². The van der Waals surface area contributed by atoms with Gasteiger partial charge in [-0.15, -0.1) is 0 Å². The smallest absolute Gasteiger partial charge is 0.313 e. The van der Waals surface area contributed by atoms with E-state index >= 15 is 0 Å². The fourth-order valence-electron chi connectivity index (χ4n) is 6.99. The number of nitrogens with one attached hydrogen (secondary N) is 1. The van der Waals surface area contributed by atoms with Crippen LogP contribution in [0.5, 0.6) is 0 Å². The van der Waals surface area contributed by atoms with Gasteiger partial charge < -0.3 is 29.7 Å². The zero-order chi connectivity index (χ0) is 31.1. The van der Waals surface area contributed by atoms with Crippen LogP contribution in [-0.2, 0) is 28.7 Å². The first kappa shape index (κ1) is 31.9. The predicted octanol–water partition coefficient (Wildman–Crippen LogP) is 3.07. The van der Waals surface area contributed by atoms with Gasteiger partial charge in [0, 0.05) is 32.7 Å². The largest absolute Gasteiger partial charge is 0.455 e. The molecule has 4 aliphatic rings. The van der Waals surface area contributed by atoms with Gasteiger partial charge in [-0.25, -0.2) is 0 Å². The van der Waals surface area contributed by atoms with Gasteiger partial charge in [0.05, 0.1) is 18.6 Å². The number of esters is 1. The zero-order valence-electron chi connectivity index (χ0n) is 25.6. The lowest BCUT2D eigenvalue weighted by molar-refractivity contribution is -0.159. The highest BCUT2D eigenvalue weighted by atomic mass is 16.6. The lowest BCUT2D eigenvalue weighted by atomic mass is 9.74. The van der Waals surface area contributed by atoms with Gasteiger partial charge in [0.15, 0.2) is 0 Å². The maximum Gasteiger partial charge on any atom is 0.313 e. The summed E-state index contributed by atoms with van der Waals surface area (Å²) in [5.74, 6) is -3.05. The number of likely N-dealkylation sites (tertiary alicyclic amines) is 1. The summed E-state index contributed by atoms with van der Waals surface area (Å²) in [6.45, 7) is 3.47. The van der Waals surface area contributed by atoms with Crippen molar-refractivity contribution in [3.63, 3.8) is 0 Å². The van der Waals surface area contributed by atoms with Gasteiger partial charge in [-0.05, 0) is 37.7 Å². The topological polar surface area (TPSA) is 125 Å². The Labute approximate surface area is 259 Å². The molecule has 5 rings (SSSR count). The Hall–Kier alpha value is -3.50. The minimum atomic E-state index is -1.27. The van der Waals surface area contributed by atoms with Crippen molar-refractivity contribution >= 4 is 23.7 Å². The molecule has 1 aromatic carbocycles. The molecule has 0 aromatic heterocycles.